The van der Waals surface area contributed by atoms with Crippen molar-refractivity contribution >= 4 is 0 Å². The zero-order valence-electron chi connectivity index (χ0n) is 8.54. The second-order valence-corrected chi connectivity index (χ2v) is 3.39. The Kier molecular flexibility index (Phi) is 2.44. The van der Waals surface area contributed by atoms with Crippen LogP contribution in [-0.2, 0) is 17.6 Å². The molecule has 1 aliphatic rings. The summed E-state index contributed by atoms with van der Waals surface area (Å²) in [7, 11) is 3.42. The summed E-state index contributed by atoms with van der Waals surface area (Å²) in [5.41, 5.74) is 2.68. The SMILES string of the molecule is COC1=CCc2cc(OC)ccc2C1. The van der Waals surface area contributed by atoms with Crippen LogP contribution in [0.1, 0.15) is 11.1 Å². The molecular weight excluding hydrogens is 176 g/mol. The summed E-state index contributed by atoms with van der Waals surface area (Å²) in [4.78, 5) is 0. The molecule has 0 amide bonds. The number of fused-ring (bicyclic) bond motifs is 1. The highest BCUT2D eigenvalue weighted by Crippen LogP contribution is 2.25. The third-order valence-corrected chi connectivity index (χ3v) is 2.59. The maximum absolute atomic E-state index is 5.23. The number of benzene rings is 1. The highest BCUT2D eigenvalue weighted by molar-refractivity contribution is 5.40. The summed E-state index contributed by atoms with van der Waals surface area (Å²) in [5, 5.41) is 0. The van der Waals surface area contributed by atoms with Crippen LogP contribution in [-0.4, -0.2) is 14.2 Å². The molecule has 0 radical (unpaired) electrons. The van der Waals surface area contributed by atoms with Crippen LogP contribution in [0.2, 0.25) is 0 Å². The van der Waals surface area contributed by atoms with Gasteiger partial charge in [0.2, 0.25) is 0 Å². The van der Waals surface area contributed by atoms with Crippen LogP contribution in [0.15, 0.2) is 30.0 Å². The van der Waals surface area contributed by atoms with E-state index in [1.807, 2.05) is 6.07 Å². The van der Waals surface area contributed by atoms with Crippen molar-refractivity contribution in [2.75, 3.05) is 14.2 Å². The van der Waals surface area contributed by atoms with Crippen molar-refractivity contribution in [3.05, 3.63) is 41.2 Å². The van der Waals surface area contributed by atoms with Gasteiger partial charge in [-0.15, -0.1) is 0 Å². The van der Waals surface area contributed by atoms with Crippen molar-refractivity contribution < 1.29 is 9.47 Å². The van der Waals surface area contributed by atoms with Crippen molar-refractivity contribution in [2.45, 2.75) is 12.8 Å². The lowest BCUT2D eigenvalue weighted by Gasteiger charge is -2.16. The molecule has 0 unspecified atom stereocenters. The molecule has 1 aromatic carbocycles. The number of ether oxygens (including phenoxy) is 2. The molecule has 0 N–H and O–H groups in total. The standard InChI is InChI=1S/C12H14O2/c1-13-11-5-3-10-8-12(14-2)6-4-9(10)7-11/h3,5-7H,4,8H2,1-2H3. The molecule has 0 saturated carbocycles. The molecule has 74 valence electrons. The monoisotopic (exact) mass is 190 g/mol. The Labute approximate surface area is 84.2 Å². The zero-order valence-corrected chi connectivity index (χ0v) is 8.54. The van der Waals surface area contributed by atoms with Gasteiger partial charge in [0.25, 0.3) is 0 Å². The molecule has 14 heavy (non-hydrogen) atoms. The maximum atomic E-state index is 5.23. The predicted octanol–water partition coefficient (Wildman–Crippen LogP) is 2.32. The third kappa shape index (κ3) is 1.60. The van der Waals surface area contributed by atoms with Crippen molar-refractivity contribution in [3.63, 3.8) is 0 Å². The van der Waals surface area contributed by atoms with Gasteiger partial charge in [-0.05, 0) is 35.8 Å². The van der Waals surface area contributed by atoms with Crippen LogP contribution in [0.25, 0.3) is 0 Å². The number of allylic oxidation sites excluding steroid dienone is 2. The smallest absolute Gasteiger partial charge is 0.119 e. The fourth-order valence-corrected chi connectivity index (χ4v) is 1.73. The lowest BCUT2D eigenvalue weighted by molar-refractivity contribution is 0.280. The summed E-state index contributed by atoms with van der Waals surface area (Å²) >= 11 is 0. The fourth-order valence-electron chi connectivity index (χ4n) is 1.73. The molecule has 0 fully saturated rings. The zero-order chi connectivity index (χ0) is 9.97. The first kappa shape index (κ1) is 9.13. The number of rotatable bonds is 2. The Morgan fingerprint density at radius 2 is 1.93 bits per heavy atom. The highest BCUT2D eigenvalue weighted by atomic mass is 16.5. The summed E-state index contributed by atoms with van der Waals surface area (Å²) in [6.45, 7) is 0. The molecule has 1 aliphatic carbocycles. The van der Waals surface area contributed by atoms with E-state index in [0.717, 1.165) is 24.4 Å². The lowest BCUT2D eigenvalue weighted by atomic mass is 9.95. The van der Waals surface area contributed by atoms with Gasteiger partial charge in [0.05, 0.1) is 20.0 Å². The first-order chi connectivity index (χ1) is 6.83. The van der Waals surface area contributed by atoms with Gasteiger partial charge in [-0.1, -0.05) is 6.07 Å². The highest BCUT2D eigenvalue weighted by Gasteiger charge is 2.11. The number of hydrogen-bond donors (Lipinski definition) is 0. The average molecular weight is 190 g/mol. The minimum atomic E-state index is 0.899. The third-order valence-electron chi connectivity index (χ3n) is 2.59. The molecule has 0 bridgehead atoms. The van der Waals surface area contributed by atoms with Crippen LogP contribution < -0.4 is 4.74 Å². The van der Waals surface area contributed by atoms with E-state index in [-0.39, 0.29) is 0 Å². The predicted molar refractivity (Wildman–Crippen MR) is 55.5 cm³/mol. The van der Waals surface area contributed by atoms with Crippen LogP contribution in [0.5, 0.6) is 5.75 Å². The van der Waals surface area contributed by atoms with E-state index >= 15 is 0 Å². The summed E-state index contributed by atoms with van der Waals surface area (Å²) in [6.07, 6.45) is 3.97. The Bertz CT molecular complexity index is 367. The molecule has 2 heteroatoms. The largest absolute Gasteiger partial charge is 0.501 e. The Balaban J connectivity index is 2.29. The molecule has 0 aromatic heterocycles. The van der Waals surface area contributed by atoms with Gasteiger partial charge in [0.1, 0.15) is 5.75 Å². The molecular formula is C12H14O2. The van der Waals surface area contributed by atoms with E-state index in [1.54, 1.807) is 14.2 Å². The molecule has 2 nitrogen and oxygen atoms in total. The second-order valence-electron chi connectivity index (χ2n) is 3.39. The van der Waals surface area contributed by atoms with E-state index in [4.69, 9.17) is 9.47 Å². The van der Waals surface area contributed by atoms with Crippen molar-refractivity contribution in [1.82, 2.24) is 0 Å². The quantitative estimate of drug-likeness (QED) is 0.712. The molecule has 0 saturated heterocycles. The Hall–Kier alpha value is -1.44. The Morgan fingerprint density at radius 3 is 2.64 bits per heavy atom. The van der Waals surface area contributed by atoms with Crippen LogP contribution in [0.4, 0.5) is 0 Å². The van der Waals surface area contributed by atoms with Gasteiger partial charge in [-0.25, -0.2) is 0 Å². The van der Waals surface area contributed by atoms with E-state index < -0.39 is 0 Å². The number of hydrogen-bond acceptors (Lipinski definition) is 2. The summed E-state index contributed by atoms with van der Waals surface area (Å²) in [6, 6.07) is 6.20. The molecule has 0 aliphatic heterocycles. The van der Waals surface area contributed by atoms with E-state index in [1.165, 1.54) is 11.1 Å². The van der Waals surface area contributed by atoms with Crippen molar-refractivity contribution in [1.29, 1.82) is 0 Å². The fraction of sp³-hybridized carbons (Fsp3) is 0.333. The van der Waals surface area contributed by atoms with Crippen LogP contribution in [0.3, 0.4) is 0 Å². The first-order valence-corrected chi connectivity index (χ1v) is 4.72. The Morgan fingerprint density at radius 1 is 1.07 bits per heavy atom. The summed E-state index contributed by atoms with van der Waals surface area (Å²) in [5.74, 6) is 1.99. The topological polar surface area (TPSA) is 18.5 Å². The van der Waals surface area contributed by atoms with Gasteiger partial charge < -0.3 is 9.47 Å². The van der Waals surface area contributed by atoms with Gasteiger partial charge >= 0.3 is 0 Å². The van der Waals surface area contributed by atoms with Crippen LogP contribution in [0, 0.1) is 0 Å². The van der Waals surface area contributed by atoms with E-state index in [0.29, 0.717) is 0 Å². The van der Waals surface area contributed by atoms with Gasteiger partial charge in [-0.2, -0.15) is 0 Å². The molecule has 0 atom stereocenters. The molecule has 1 aromatic rings. The van der Waals surface area contributed by atoms with Crippen molar-refractivity contribution in [3.8, 4) is 5.75 Å². The minimum Gasteiger partial charge on any atom is -0.501 e. The molecule has 0 spiro atoms. The molecule has 2 rings (SSSR count). The maximum Gasteiger partial charge on any atom is 0.119 e. The molecule has 0 heterocycles. The number of methoxy groups -OCH3 is 2. The van der Waals surface area contributed by atoms with Gasteiger partial charge in [0.15, 0.2) is 0 Å². The summed E-state index contributed by atoms with van der Waals surface area (Å²) < 4.78 is 10.4. The van der Waals surface area contributed by atoms with Gasteiger partial charge in [0, 0.05) is 6.42 Å². The first-order valence-electron chi connectivity index (χ1n) is 4.72. The van der Waals surface area contributed by atoms with Gasteiger partial charge in [-0.3, -0.25) is 0 Å². The van der Waals surface area contributed by atoms with Crippen molar-refractivity contribution in [2.24, 2.45) is 0 Å². The average Bonchev–Trinajstić information content (AvgIpc) is 2.27. The minimum absolute atomic E-state index is 0.899. The van der Waals surface area contributed by atoms with E-state index in [9.17, 15) is 0 Å². The van der Waals surface area contributed by atoms with E-state index in [2.05, 4.69) is 18.2 Å². The lowest BCUT2D eigenvalue weighted by Crippen LogP contribution is -2.04. The second kappa shape index (κ2) is 3.74. The normalized spacial score (nSPS) is 14.3. The van der Waals surface area contributed by atoms with Crippen LogP contribution >= 0.6 is 0 Å².